The highest BCUT2D eigenvalue weighted by Gasteiger charge is 2.26. The quantitative estimate of drug-likeness (QED) is 0.804. The lowest BCUT2D eigenvalue weighted by Crippen LogP contribution is -2.47. The SMILES string of the molecule is C[C@@H]1CC[C@H](NC(=O)NCCCc2nnc3n2CCCCC3)[C@H](C)C1. The van der Waals surface area contributed by atoms with Crippen molar-refractivity contribution in [2.75, 3.05) is 6.54 Å². The average molecular weight is 348 g/mol. The number of urea groups is 1. The molecular weight excluding hydrogens is 314 g/mol. The Kier molecular flexibility index (Phi) is 6.32. The van der Waals surface area contributed by atoms with Crippen LogP contribution in [0.1, 0.15) is 70.4 Å². The maximum atomic E-state index is 12.1. The maximum absolute atomic E-state index is 12.1. The molecule has 0 unspecified atom stereocenters. The first-order valence-corrected chi connectivity index (χ1v) is 10.1. The molecule has 1 fully saturated rings. The lowest BCUT2D eigenvalue weighted by Gasteiger charge is -2.33. The number of carbonyl (C=O) groups is 1. The number of nitrogens with one attached hydrogen (secondary N) is 2. The van der Waals surface area contributed by atoms with Crippen molar-refractivity contribution >= 4 is 6.03 Å². The van der Waals surface area contributed by atoms with Gasteiger partial charge in [-0.2, -0.15) is 0 Å². The first-order valence-electron chi connectivity index (χ1n) is 10.1. The largest absolute Gasteiger partial charge is 0.338 e. The van der Waals surface area contributed by atoms with Crippen LogP contribution in [-0.4, -0.2) is 33.4 Å². The van der Waals surface area contributed by atoms with Gasteiger partial charge in [0.15, 0.2) is 0 Å². The zero-order valence-corrected chi connectivity index (χ0v) is 15.8. The van der Waals surface area contributed by atoms with E-state index >= 15 is 0 Å². The number of aromatic nitrogens is 3. The van der Waals surface area contributed by atoms with Crippen molar-refractivity contribution in [3.8, 4) is 0 Å². The van der Waals surface area contributed by atoms with Gasteiger partial charge in [0.1, 0.15) is 11.6 Å². The van der Waals surface area contributed by atoms with E-state index in [0.29, 0.717) is 18.5 Å². The highest BCUT2D eigenvalue weighted by molar-refractivity contribution is 5.74. The third-order valence-electron chi connectivity index (χ3n) is 5.80. The molecule has 25 heavy (non-hydrogen) atoms. The fourth-order valence-electron chi connectivity index (χ4n) is 4.28. The number of nitrogens with zero attached hydrogens (tertiary/aromatic N) is 3. The molecule has 2 N–H and O–H groups in total. The van der Waals surface area contributed by atoms with Gasteiger partial charge in [-0.3, -0.25) is 0 Å². The first kappa shape index (κ1) is 18.2. The van der Waals surface area contributed by atoms with Crippen molar-refractivity contribution in [1.29, 1.82) is 0 Å². The summed E-state index contributed by atoms with van der Waals surface area (Å²) in [7, 11) is 0. The van der Waals surface area contributed by atoms with Crippen molar-refractivity contribution in [2.24, 2.45) is 11.8 Å². The maximum Gasteiger partial charge on any atom is 0.315 e. The van der Waals surface area contributed by atoms with Crippen molar-refractivity contribution in [3.05, 3.63) is 11.6 Å². The van der Waals surface area contributed by atoms with Crippen LogP contribution >= 0.6 is 0 Å². The van der Waals surface area contributed by atoms with Gasteiger partial charge < -0.3 is 15.2 Å². The van der Waals surface area contributed by atoms with E-state index in [2.05, 4.69) is 39.2 Å². The second-order valence-electron chi connectivity index (χ2n) is 8.00. The van der Waals surface area contributed by atoms with Crippen LogP contribution in [-0.2, 0) is 19.4 Å². The molecule has 2 heterocycles. The minimum atomic E-state index is -0.0218. The molecule has 1 saturated carbocycles. The van der Waals surface area contributed by atoms with E-state index in [1.54, 1.807) is 0 Å². The van der Waals surface area contributed by atoms with Crippen molar-refractivity contribution < 1.29 is 4.79 Å². The van der Waals surface area contributed by atoms with Crippen LogP contribution in [0.25, 0.3) is 0 Å². The second kappa shape index (κ2) is 8.68. The second-order valence-corrected chi connectivity index (χ2v) is 8.00. The molecule has 3 rings (SSSR count). The third kappa shape index (κ3) is 4.95. The predicted octanol–water partition coefficient (Wildman–Crippen LogP) is 3.06. The number of rotatable bonds is 5. The fourth-order valence-corrected chi connectivity index (χ4v) is 4.28. The molecule has 3 atom stereocenters. The predicted molar refractivity (Wildman–Crippen MR) is 98.4 cm³/mol. The van der Waals surface area contributed by atoms with E-state index in [1.165, 1.54) is 32.1 Å². The Morgan fingerprint density at radius 2 is 2.08 bits per heavy atom. The van der Waals surface area contributed by atoms with Crippen LogP contribution in [0, 0.1) is 11.8 Å². The molecule has 0 saturated heterocycles. The molecule has 0 radical (unpaired) electrons. The Morgan fingerprint density at radius 1 is 1.20 bits per heavy atom. The summed E-state index contributed by atoms with van der Waals surface area (Å²) in [6.07, 6.45) is 10.1. The monoisotopic (exact) mass is 347 g/mol. The van der Waals surface area contributed by atoms with Crippen LogP contribution in [0.5, 0.6) is 0 Å². The summed E-state index contributed by atoms with van der Waals surface area (Å²) in [6, 6.07) is 0.301. The number of aryl methyl sites for hydroxylation is 2. The van der Waals surface area contributed by atoms with Gasteiger partial charge in [0.2, 0.25) is 0 Å². The molecule has 1 aliphatic heterocycles. The molecule has 2 amide bonds. The minimum absolute atomic E-state index is 0.0218. The topological polar surface area (TPSA) is 71.8 Å². The van der Waals surface area contributed by atoms with E-state index < -0.39 is 0 Å². The molecule has 0 spiro atoms. The summed E-state index contributed by atoms with van der Waals surface area (Å²) >= 11 is 0. The van der Waals surface area contributed by atoms with Gasteiger partial charge in [0.25, 0.3) is 0 Å². The molecule has 6 heteroatoms. The van der Waals surface area contributed by atoms with E-state index in [1.807, 2.05) is 0 Å². The van der Waals surface area contributed by atoms with Crippen LogP contribution in [0.3, 0.4) is 0 Å². The lowest BCUT2D eigenvalue weighted by molar-refractivity contribution is 0.206. The van der Waals surface area contributed by atoms with Gasteiger partial charge in [-0.15, -0.1) is 10.2 Å². The molecule has 0 bridgehead atoms. The summed E-state index contributed by atoms with van der Waals surface area (Å²) in [5.74, 6) is 3.57. The molecule has 140 valence electrons. The van der Waals surface area contributed by atoms with Gasteiger partial charge in [-0.05, 0) is 50.4 Å². The Balaban J connectivity index is 1.37. The molecule has 1 aromatic heterocycles. The smallest absolute Gasteiger partial charge is 0.315 e. The average Bonchev–Trinajstić information content (AvgIpc) is 2.81. The van der Waals surface area contributed by atoms with Gasteiger partial charge >= 0.3 is 6.03 Å². The van der Waals surface area contributed by atoms with Crippen LogP contribution in [0.2, 0.25) is 0 Å². The lowest BCUT2D eigenvalue weighted by atomic mass is 9.80. The van der Waals surface area contributed by atoms with E-state index in [0.717, 1.165) is 49.8 Å². The standard InChI is InChI=1S/C19H33N5O/c1-14-9-10-16(15(2)13-14)21-19(25)20-11-6-8-18-23-22-17-7-4-3-5-12-24(17)18/h14-16H,3-13H2,1-2H3,(H2,20,21,25)/t14-,15-,16+/m1/s1. The van der Waals surface area contributed by atoms with Gasteiger partial charge in [0, 0.05) is 32.0 Å². The van der Waals surface area contributed by atoms with E-state index in [4.69, 9.17) is 0 Å². The van der Waals surface area contributed by atoms with Crippen molar-refractivity contribution in [1.82, 2.24) is 25.4 Å². The molecule has 6 nitrogen and oxygen atoms in total. The third-order valence-corrected chi connectivity index (χ3v) is 5.80. The highest BCUT2D eigenvalue weighted by Crippen LogP contribution is 2.28. The Labute approximate surface area is 151 Å². The summed E-state index contributed by atoms with van der Waals surface area (Å²) in [5.41, 5.74) is 0. The van der Waals surface area contributed by atoms with Crippen molar-refractivity contribution in [2.45, 2.75) is 84.2 Å². The number of carbonyl (C=O) groups excluding carboxylic acids is 1. The minimum Gasteiger partial charge on any atom is -0.338 e. The van der Waals surface area contributed by atoms with Gasteiger partial charge in [-0.1, -0.05) is 20.3 Å². The summed E-state index contributed by atoms with van der Waals surface area (Å²) in [5, 5.41) is 14.9. The molecule has 0 aromatic carbocycles. The Morgan fingerprint density at radius 3 is 2.92 bits per heavy atom. The zero-order valence-electron chi connectivity index (χ0n) is 15.8. The molecule has 1 aromatic rings. The number of hydrogen-bond acceptors (Lipinski definition) is 3. The van der Waals surface area contributed by atoms with E-state index in [-0.39, 0.29) is 6.03 Å². The fraction of sp³-hybridized carbons (Fsp3) is 0.842. The summed E-state index contributed by atoms with van der Waals surface area (Å²) in [6.45, 7) is 6.28. The van der Waals surface area contributed by atoms with Gasteiger partial charge in [0.05, 0.1) is 0 Å². The zero-order chi connectivity index (χ0) is 17.6. The summed E-state index contributed by atoms with van der Waals surface area (Å²) in [4.78, 5) is 12.1. The number of hydrogen-bond donors (Lipinski definition) is 2. The normalized spacial score (nSPS) is 26.6. The molecule has 1 aliphatic carbocycles. The molecular formula is C19H33N5O. The van der Waals surface area contributed by atoms with Crippen molar-refractivity contribution in [3.63, 3.8) is 0 Å². The summed E-state index contributed by atoms with van der Waals surface area (Å²) < 4.78 is 2.29. The molecule has 2 aliphatic rings. The number of fused-ring (bicyclic) bond motifs is 1. The first-order chi connectivity index (χ1) is 12.1. The van der Waals surface area contributed by atoms with Crippen LogP contribution in [0.4, 0.5) is 4.79 Å². The van der Waals surface area contributed by atoms with E-state index in [9.17, 15) is 4.79 Å². The highest BCUT2D eigenvalue weighted by atomic mass is 16.2. The Bertz CT molecular complexity index is 570. The number of amides is 2. The van der Waals surface area contributed by atoms with Crippen LogP contribution in [0.15, 0.2) is 0 Å². The van der Waals surface area contributed by atoms with Gasteiger partial charge in [-0.25, -0.2) is 4.79 Å². The van der Waals surface area contributed by atoms with Crippen LogP contribution < -0.4 is 10.6 Å². The Hall–Kier alpha value is -1.59.